The molecule has 2 rings (SSSR count). The van der Waals surface area contributed by atoms with Crippen LogP contribution in [0.4, 0.5) is 11.4 Å². The van der Waals surface area contributed by atoms with Crippen molar-refractivity contribution in [2.75, 3.05) is 5.32 Å². The van der Waals surface area contributed by atoms with Gasteiger partial charge < -0.3 is 5.32 Å². The van der Waals surface area contributed by atoms with Gasteiger partial charge in [-0.1, -0.05) is 23.2 Å². The molecule has 0 aliphatic carbocycles. The van der Waals surface area contributed by atoms with Crippen LogP contribution < -0.4 is 5.32 Å². The molecule has 0 aromatic heterocycles. The molecule has 0 radical (unpaired) electrons. The topological polar surface area (TPSA) is 72.2 Å². The van der Waals surface area contributed by atoms with Crippen molar-refractivity contribution in [3.05, 3.63) is 62.6 Å². The number of benzene rings is 2. The van der Waals surface area contributed by atoms with E-state index in [0.29, 0.717) is 5.02 Å². The van der Waals surface area contributed by atoms with E-state index < -0.39 is 10.2 Å². The van der Waals surface area contributed by atoms with Crippen LogP contribution in [-0.4, -0.2) is 16.1 Å². The first-order valence-corrected chi connectivity index (χ1v) is 8.17. The first-order valence-electron chi connectivity index (χ1n) is 6.54. The van der Waals surface area contributed by atoms with Gasteiger partial charge in [0.2, 0.25) is 5.91 Å². The minimum atomic E-state index is -0.544. The van der Waals surface area contributed by atoms with Gasteiger partial charge in [-0.15, -0.1) is 11.8 Å². The highest BCUT2D eigenvalue weighted by Crippen LogP contribution is 2.29. The molecule has 0 fully saturated rings. The highest BCUT2D eigenvalue weighted by Gasteiger charge is 2.17. The Morgan fingerprint density at radius 2 is 1.87 bits per heavy atom. The fourth-order valence-electron chi connectivity index (χ4n) is 1.73. The smallest absolute Gasteiger partial charge is 0.271 e. The first-order chi connectivity index (χ1) is 10.9. The minimum absolute atomic E-state index is 0.136. The lowest BCUT2D eigenvalue weighted by atomic mass is 10.2. The van der Waals surface area contributed by atoms with Gasteiger partial charge in [0.25, 0.3) is 5.69 Å². The van der Waals surface area contributed by atoms with E-state index in [1.165, 1.54) is 30.0 Å². The number of nitro groups is 1. The summed E-state index contributed by atoms with van der Waals surface area (Å²) in [5.41, 5.74) is 0.0807. The van der Waals surface area contributed by atoms with Crippen LogP contribution in [0.5, 0.6) is 0 Å². The molecule has 1 atom stereocenters. The lowest BCUT2D eigenvalue weighted by molar-refractivity contribution is -0.384. The van der Waals surface area contributed by atoms with Crippen molar-refractivity contribution in [2.45, 2.75) is 17.1 Å². The Bertz CT molecular complexity index is 738. The maximum Gasteiger partial charge on any atom is 0.271 e. The molecule has 2 aromatic carbocycles. The van der Waals surface area contributed by atoms with Crippen LogP contribution in [-0.2, 0) is 4.79 Å². The molecule has 8 heteroatoms. The fraction of sp³-hybridized carbons (Fsp3) is 0.133. The van der Waals surface area contributed by atoms with Crippen LogP contribution in [0.25, 0.3) is 0 Å². The van der Waals surface area contributed by atoms with E-state index in [-0.39, 0.29) is 22.3 Å². The third-order valence-electron chi connectivity index (χ3n) is 2.91. The SMILES string of the molecule is CC(Sc1ccc(Cl)cc1)C(=O)Nc1cc([N+](=O)[O-])ccc1Cl. The van der Waals surface area contributed by atoms with E-state index in [1.54, 1.807) is 19.1 Å². The summed E-state index contributed by atoms with van der Waals surface area (Å²) in [6.45, 7) is 1.74. The Morgan fingerprint density at radius 1 is 1.22 bits per heavy atom. The summed E-state index contributed by atoms with van der Waals surface area (Å²) in [5, 5.41) is 13.9. The van der Waals surface area contributed by atoms with Crippen LogP contribution in [0.3, 0.4) is 0 Å². The summed E-state index contributed by atoms with van der Waals surface area (Å²) >= 11 is 13.1. The van der Waals surface area contributed by atoms with Gasteiger partial charge >= 0.3 is 0 Å². The summed E-state index contributed by atoms with van der Waals surface area (Å²) in [6.07, 6.45) is 0. The Balaban J connectivity index is 2.07. The number of carbonyl (C=O) groups is 1. The molecular formula is C15H12Cl2N2O3S. The third kappa shape index (κ3) is 4.86. The van der Waals surface area contributed by atoms with Crippen LogP contribution in [0.1, 0.15) is 6.92 Å². The molecule has 2 aromatic rings. The number of nitrogens with zero attached hydrogens (tertiary/aromatic N) is 1. The van der Waals surface area contributed by atoms with Gasteiger partial charge in [0.05, 0.1) is 20.9 Å². The van der Waals surface area contributed by atoms with E-state index in [9.17, 15) is 14.9 Å². The van der Waals surface area contributed by atoms with Gasteiger partial charge in [-0.25, -0.2) is 0 Å². The molecular weight excluding hydrogens is 359 g/mol. The molecule has 5 nitrogen and oxygen atoms in total. The largest absolute Gasteiger partial charge is 0.324 e. The van der Waals surface area contributed by atoms with Crippen LogP contribution in [0.15, 0.2) is 47.4 Å². The number of anilines is 1. The second-order valence-corrected chi connectivity index (χ2v) is 6.88. The summed E-state index contributed by atoms with van der Waals surface area (Å²) in [6, 6.07) is 11.0. The Kier molecular flexibility index (Phi) is 5.87. The maximum atomic E-state index is 12.2. The maximum absolute atomic E-state index is 12.2. The van der Waals surface area contributed by atoms with Gasteiger partial charge in [0, 0.05) is 22.1 Å². The van der Waals surface area contributed by atoms with Crippen molar-refractivity contribution < 1.29 is 9.72 Å². The number of halogens is 2. The van der Waals surface area contributed by atoms with Gasteiger partial charge in [0.15, 0.2) is 0 Å². The number of nitrogens with one attached hydrogen (secondary N) is 1. The first kappa shape index (κ1) is 17.6. The molecule has 23 heavy (non-hydrogen) atoms. The standard InChI is InChI=1S/C15H12Cl2N2O3S/c1-9(23-12-5-2-10(16)3-6-12)15(20)18-14-8-11(19(21)22)4-7-13(14)17/h2-9H,1H3,(H,18,20). The number of non-ortho nitro benzene ring substituents is 1. The van der Waals surface area contributed by atoms with Gasteiger partial charge in [0.1, 0.15) is 0 Å². The zero-order valence-electron chi connectivity index (χ0n) is 12.0. The number of hydrogen-bond acceptors (Lipinski definition) is 4. The molecule has 0 heterocycles. The lowest BCUT2D eigenvalue weighted by Crippen LogP contribution is -2.22. The number of rotatable bonds is 5. The monoisotopic (exact) mass is 370 g/mol. The van der Waals surface area contributed by atoms with Gasteiger partial charge in [-0.05, 0) is 37.3 Å². The molecule has 120 valence electrons. The predicted molar refractivity (Wildman–Crippen MR) is 93.5 cm³/mol. The Morgan fingerprint density at radius 3 is 2.48 bits per heavy atom. The van der Waals surface area contributed by atoms with Crippen molar-refractivity contribution in [1.82, 2.24) is 0 Å². The van der Waals surface area contributed by atoms with Crippen LogP contribution in [0, 0.1) is 10.1 Å². The fourth-order valence-corrected chi connectivity index (χ4v) is 2.89. The lowest BCUT2D eigenvalue weighted by Gasteiger charge is -2.13. The third-order valence-corrected chi connectivity index (χ3v) is 4.61. The number of hydrogen-bond donors (Lipinski definition) is 1. The normalized spacial score (nSPS) is 11.8. The molecule has 0 spiro atoms. The molecule has 0 saturated heterocycles. The van der Waals surface area contributed by atoms with Crippen molar-refractivity contribution in [1.29, 1.82) is 0 Å². The van der Waals surface area contributed by atoms with Crippen molar-refractivity contribution >= 4 is 52.2 Å². The number of nitro benzene ring substituents is 1. The zero-order valence-corrected chi connectivity index (χ0v) is 14.3. The van der Waals surface area contributed by atoms with Gasteiger partial charge in [-0.2, -0.15) is 0 Å². The highest BCUT2D eigenvalue weighted by atomic mass is 35.5. The molecule has 1 amide bonds. The van der Waals surface area contributed by atoms with E-state index in [2.05, 4.69) is 5.32 Å². The molecule has 1 unspecified atom stereocenters. The summed E-state index contributed by atoms with van der Waals surface area (Å²) in [5.74, 6) is -0.299. The van der Waals surface area contributed by atoms with Crippen LogP contribution in [0.2, 0.25) is 10.0 Å². The predicted octanol–water partition coefficient (Wildman–Crippen LogP) is 5.02. The molecule has 0 aliphatic rings. The summed E-state index contributed by atoms with van der Waals surface area (Å²) < 4.78 is 0. The average molecular weight is 371 g/mol. The second kappa shape index (κ2) is 7.68. The molecule has 0 aliphatic heterocycles. The van der Waals surface area contributed by atoms with Crippen molar-refractivity contribution in [3.8, 4) is 0 Å². The zero-order chi connectivity index (χ0) is 17.0. The van der Waals surface area contributed by atoms with E-state index in [0.717, 1.165) is 4.90 Å². The Labute approximate surface area is 147 Å². The Hall–Kier alpha value is -1.76. The minimum Gasteiger partial charge on any atom is -0.324 e. The molecule has 0 bridgehead atoms. The highest BCUT2D eigenvalue weighted by molar-refractivity contribution is 8.00. The van der Waals surface area contributed by atoms with Crippen LogP contribution >= 0.6 is 35.0 Å². The molecule has 1 N–H and O–H groups in total. The van der Waals surface area contributed by atoms with E-state index in [4.69, 9.17) is 23.2 Å². The average Bonchev–Trinajstić information content (AvgIpc) is 2.51. The number of thioether (sulfide) groups is 1. The summed E-state index contributed by atoms with van der Waals surface area (Å²) in [7, 11) is 0. The van der Waals surface area contributed by atoms with Crippen molar-refractivity contribution in [3.63, 3.8) is 0 Å². The quantitative estimate of drug-likeness (QED) is 0.455. The molecule has 0 saturated carbocycles. The second-order valence-electron chi connectivity index (χ2n) is 4.62. The van der Waals surface area contributed by atoms with Gasteiger partial charge in [-0.3, -0.25) is 14.9 Å². The van der Waals surface area contributed by atoms with E-state index >= 15 is 0 Å². The van der Waals surface area contributed by atoms with Crippen molar-refractivity contribution in [2.24, 2.45) is 0 Å². The number of amides is 1. The summed E-state index contributed by atoms with van der Waals surface area (Å²) in [4.78, 5) is 23.4. The number of carbonyl (C=O) groups excluding carboxylic acids is 1. The van der Waals surface area contributed by atoms with E-state index in [1.807, 2.05) is 12.1 Å².